The van der Waals surface area contributed by atoms with E-state index in [9.17, 15) is 26.3 Å². The fourth-order valence-corrected chi connectivity index (χ4v) is 2.98. The number of halogens is 6. The lowest BCUT2D eigenvalue weighted by molar-refractivity contribution is -0.142. The van der Waals surface area contributed by atoms with E-state index in [-0.39, 0.29) is 22.5 Å². The molecule has 0 unspecified atom stereocenters. The summed E-state index contributed by atoms with van der Waals surface area (Å²) >= 11 is 0. The average Bonchev–Trinajstić information content (AvgIpc) is 3.14. The van der Waals surface area contributed by atoms with E-state index in [0.717, 1.165) is 36.5 Å². The van der Waals surface area contributed by atoms with E-state index in [0.29, 0.717) is 15.8 Å². The zero-order valence-corrected chi connectivity index (χ0v) is 16.3. The molecule has 4 nitrogen and oxygen atoms in total. The highest BCUT2D eigenvalue weighted by molar-refractivity contribution is 5.67. The highest BCUT2D eigenvalue weighted by Gasteiger charge is 2.36. The van der Waals surface area contributed by atoms with Gasteiger partial charge in [0.05, 0.1) is 28.7 Å². The number of alkyl halides is 6. The Balaban J connectivity index is 1.87. The summed E-state index contributed by atoms with van der Waals surface area (Å²) in [5, 5.41) is 3.77. The first-order valence-electron chi connectivity index (χ1n) is 9.11. The Hall–Kier alpha value is -3.87. The molecule has 0 amide bonds. The van der Waals surface area contributed by atoms with Crippen LogP contribution in [0.25, 0.3) is 16.9 Å². The predicted octanol–water partition coefficient (Wildman–Crippen LogP) is 5.54. The van der Waals surface area contributed by atoms with Crippen molar-refractivity contribution in [1.29, 1.82) is 0 Å². The second-order valence-electron chi connectivity index (χ2n) is 6.78. The normalized spacial score (nSPS) is 12.0. The standard InChI is InChI=1S/C22H12F6N4/c1-13-14(3-2-10-29-13)4-5-16-12-30-32-19(22(26,27)28)11-18(31-20(16)32)15-6-8-17(9-7-15)21(23,24)25/h2-3,6-12H,1H3. The van der Waals surface area contributed by atoms with Gasteiger partial charge in [0, 0.05) is 17.3 Å². The lowest BCUT2D eigenvalue weighted by Gasteiger charge is -2.12. The molecule has 3 heterocycles. The number of aryl methyl sites for hydroxylation is 1. The Bertz CT molecular complexity index is 1360. The molecule has 0 radical (unpaired) electrons. The van der Waals surface area contributed by atoms with Gasteiger partial charge >= 0.3 is 12.4 Å². The highest BCUT2D eigenvalue weighted by atomic mass is 19.4. The summed E-state index contributed by atoms with van der Waals surface area (Å²) in [5.74, 6) is 5.60. The maximum absolute atomic E-state index is 13.7. The van der Waals surface area contributed by atoms with Crippen molar-refractivity contribution in [1.82, 2.24) is 19.6 Å². The average molecular weight is 446 g/mol. The van der Waals surface area contributed by atoms with Crippen LogP contribution in [-0.2, 0) is 12.4 Å². The number of aromatic nitrogens is 4. The number of hydrogen-bond acceptors (Lipinski definition) is 3. The molecule has 0 saturated carbocycles. The minimum atomic E-state index is -4.78. The topological polar surface area (TPSA) is 43.1 Å². The summed E-state index contributed by atoms with van der Waals surface area (Å²) in [5.41, 5.74) is -0.901. The summed E-state index contributed by atoms with van der Waals surface area (Å²) in [4.78, 5) is 8.31. The Kier molecular flexibility index (Phi) is 5.12. The van der Waals surface area contributed by atoms with Crippen molar-refractivity contribution in [3.8, 4) is 23.1 Å². The fraction of sp³-hybridized carbons (Fsp3) is 0.136. The molecule has 162 valence electrons. The molecule has 0 spiro atoms. The third kappa shape index (κ3) is 4.14. The molecule has 0 saturated heterocycles. The predicted molar refractivity (Wildman–Crippen MR) is 103 cm³/mol. The zero-order chi connectivity index (χ0) is 23.1. The van der Waals surface area contributed by atoms with Gasteiger partial charge in [0.15, 0.2) is 11.3 Å². The Labute approximate surface area is 177 Å². The van der Waals surface area contributed by atoms with Crippen LogP contribution in [0.5, 0.6) is 0 Å². The van der Waals surface area contributed by atoms with Crippen LogP contribution in [0.15, 0.2) is 54.9 Å². The number of nitrogens with zero attached hydrogens (tertiary/aromatic N) is 4. The van der Waals surface area contributed by atoms with Gasteiger partial charge < -0.3 is 0 Å². The molecule has 4 aromatic rings. The molecule has 32 heavy (non-hydrogen) atoms. The van der Waals surface area contributed by atoms with E-state index in [1.54, 1.807) is 25.3 Å². The van der Waals surface area contributed by atoms with Crippen molar-refractivity contribution in [3.63, 3.8) is 0 Å². The largest absolute Gasteiger partial charge is 0.433 e. The SMILES string of the molecule is Cc1ncccc1C#Cc1cnn2c(C(F)(F)F)cc(-c3ccc(C(F)(F)F)cc3)nc12. The summed E-state index contributed by atoms with van der Waals surface area (Å²) in [6.07, 6.45) is -6.60. The smallest absolute Gasteiger partial charge is 0.260 e. The first-order chi connectivity index (χ1) is 15.0. The van der Waals surface area contributed by atoms with Crippen molar-refractivity contribution in [2.75, 3.05) is 0 Å². The Morgan fingerprint density at radius 1 is 0.875 bits per heavy atom. The van der Waals surface area contributed by atoms with Crippen molar-refractivity contribution in [2.45, 2.75) is 19.3 Å². The molecule has 0 aliphatic rings. The van der Waals surface area contributed by atoms with E-state index in [2.05, 4.69) is 26.9 Å². The first kappa shape index (κ1) is 21.4. The fourth-order valence-electron chi connectivity index (χ4n) is 2.98. The molecular weight excluding hydrogens is 434 g/mol. The van der Waals surface area contributed by atoms with Crippen LogP contribution in [0, 0.1) is 18.8 Å². The third-order valence-corrected chi connectivity index (χ3v) is 4.61. The minimum absolute atomic E-state index is 0.0919. The molecule has 0 atom stereocenters. The van der Waals surface area contributed by atoms with Gasteiger partial charge in [0.1, 0.15) is 0 Å². The summed E-state index contributed by atoms with van der Waals surface area (Å²) < 4.78 is 80.1. The quantitative estimate of drug-likeness (QED) is 0.285. The highest BCUT2D eigenvalue weighted by Crippen LogP contribution is 2.34. The number of pyridine rings is 1. The van der Waals surface area contributed by atoms with Crippen LogP contribution >= 0.6 is 0 Å². The number of hydrogen-bond donors (Lipinski definition) is 0. The van der Waals surface area contributed by atoms with Crippen molar-refractivity contribution in [3.05, 3.63) is 82.9 Å². The van der Waals surface area contributed by atoms with Gasteiger partial charge in [-0.05, 0) is 37.3 Å². The summed E-state index contributed by atoms with van der Waals surface area (Å²) in [6, 6.07) is 7.85. The molecule has 0 bridgehead atoms. The van der Waals surface area contributed by atoms with Crippen molar-refractivity contribution >= 4 is 5.65 Å². The minimum Gasteiger partial charge on any atom is -0.260 e. The van der Waals surface area contributed by atoms with Crippen LogP contribution in [-0.4, -0.2) is 19.6 Å². The van der Waals surface area contributed by atoms with Crippen LogP contribution < -0.4 is 0 Å². The van der Waals surface area contributed by atoms with Crippen LogP contribution in [0.3, 0.4) is 0 Å². The summed E-state index contributed by atoms with van der Waals surface area (Å²) in [7, 11) is 0. The molecule has 0 aliphatic carbocycles. The number of rotatable bonds is 1. The maximum Gasteiger partial charge on any atom is 0.433 e. The molecule has 0 N–H and O–H groups in total. The molecule has 1 aromatic carbocycles. The zero-order valence-electron chi connectivity index (χ0n) is 16.3. The van der Waals surface area contributed by atoms with Crippen molar-refractivity contribution < 1.29 is 26.3 Å². The van der Waals surface area contributed by atoms with Crippen LogP contribution in [0.4, 0.5) is 26.3 Å². The third-order valence-electron chi connectivity index (χ3n) is 4.61. The van der Waals surface area contributed by atoms with E-state index in [1.165, 1.54) is 0 Å². The Morgan fingerprint density at radius 3 is 2.19 bits per heavy atom. The van der Waals surface area contributed by atoms with E-state index >= 15 is 0 Å². The van der Waals surface area contributed by atoms with Gasteiger partial charge in [0.2, 0.25) is 0 Å². The number of fused-ring (bicyclic) bond motifs is 1. The van der Waals surface area contributed by atoms with Crippen LogP contribution in [0.2, 0.25) is 0 Å². The second-order valence-corrected chi connectivity index (χ2v) is 6.78. The molecule has 0 fully saturated rings. The molecule has 3 aromatic heterocycles. The van der Waals surface area contributed by atoms with E-state index < -0.39 is 23.6 Å². The van der Waals surface area contributed by atoms with E-state index in [4.69, 9.17) is 0 Å². The Morgan fingerprint density at radius 2 is 1.56 bits per heavy atom. The van der Waals surface area contributed by atoms with Gasteiger partial charge in [-0.15, -0.1) is 0 Å². The number of benzene rings is 1. The lowest BCUT2D eigenvalue weighted by atomic mass is 10.1. The summed E-state index contributed by atoms with van der Waals surface area (Å²) in [6.45, 7) is 1.74. The second kappa shape index (κ2) is 7.67. The van der Waals surface area contributed by atoms with Gasteiger partial charge in [-0.25, -0.2) is 9.50 Å². The van der Waals surface area contributed by atoms with Gasteiger partial charge in [-0.1, -0.05) is 24.0 Å². The lowest BCUT2D eigenvalue weighted by Crippen LogP contribution is -2.13. The van der Waals surface area contributed by atoms with Crippen molar-refractivity contribution in [2.24, 2.45) is 0 Å². The molecule has 0 aliphatic heterocycles. The monoisotopic (exact) mass is 446 g/mol. The molecular formula is C22H12F6N4. The van der Waals surface area contributed by atoms with Gasteiger partial charge in [-0.2, -0.15) is 31.4 Å². The molecule has 10 heteroatoms. The van der Waals surface area contributed by atoms with E-state index in [1.807, 2.05) is 0 Å². The molecule has 4 rings (SSSR count). The van der Waals surface area contributed by atoms with Gasteiger partial charge in [0.25, 0.3) is 0 Å². The maximum atomic E-state index is 13.7. The first-order valence-corrected chi connectivity index (χ1v) is 9.11. The van der Waals surface area contributed by atoms with Crippen LogP contribution in [0.1, 0.15) is 28.1 Å². The van der Waals surface area contributed by atoms with Gasteiger partial charge in [-0.3, -0.25) is 4.98 Å².